The maximum atomic E-state index is 12.8. The average Bonchev–Trinajstić information content (AvgIpc) is 3.54. The molecule has 2 unspecified atom stereocenters. The molecule has 3 atom stereocenters. The largest absolute Gasteiger partial charge is 0.505 e. The SMILES string of the molecule is CCC(Nc1nsnc1Nc1cccc(C(=O)N2CC[C@@H](O)C2)c1O)C1CC(C(C)C)=CO1. The molecule has 0 radical (unpaired) electrons. The Morgan fingerprint density at radius 2 is 2.12 bits per heavy atom. The first-order valence-electron chi connectivity index (χ1n) is 11.4. The van der Waals surface area contributed by atoms with Crippen LogP contribution in [0.1, 0.15) is 50.4 Å². The second-order valence-electron chi connectivity index (χ2n) is 8.87. The number of ether oxygens (including phenoxy) is 1. The Kier molecular flexibility index (Phi) is 7.04. The van der Waals surface area contributed by atoms with Crippen LogP contribution in [0.25, 0.3) is 0 Å². The number of aromatic hydroxyl groups is 1. The van der Waals surface area contributed by atoms with Gasteiger partial charge in [-0.15, -0.1) is 0 Å². The number of likely N-dealkylation sites (tertiary alicyclic amines) is 1. The van der Waals surface area contributed by atoms with Gasteiger partial charge in [-0.2, -0.15) is 8.75 Å². The van der Waals surface area contributed by atoms with E-state index in [4.69, 9.17) is 4.74 Å². The van der Waals surface area contributed by atoms with Crippen LogP contribution < -0.4 is 10.6 Å². The van der Waals surface area contributed by atoms with Gasteiger partial charge in [0.05, 0.1) is 41.4 Å². The van der Waals surface area contributed by atoms with Crippen molar-refractivity contribution in [3.63, 3.8) is 0 Å². The number of rotatable bonds is 8. The highest BCUT2D eigenvalue weighted by molar-refractivity contribution is 6.99. The number of hydrogen-bond acceptors (Lipinski definition) is 9. The highest BCUT2D eigenvalue weighted by Gasteiger charge is 2.30. The number of aliphatic hydroxyl groups is 1. The topological polar surface area (TPSA) is 120 Å². The third-order valence-corrected chi connectivity index (χ3v) is 6.77. The summed E-state index contributed by atoms with van der Waals surface area (Å²) in [5.41, 5.74) is 1.85. The van der Waals surface area contributed by atoms with Gasteiger partial charge in [0, 0.05) is 19.5 Å². The maximum absolute atomic E-state index is 12.8. The van der Waals surface area contributed by atoms with E-state index in [1.165, 1.54) is 5.57 Å². The predicted molar refractivity (Wildman–Crippen MR) is 128 cm³/mol. The summed E-state index contributed by atoms with van der Waals surface area (Å²) in [6.07, 6.45) is 3.64. The lowest BCUT2D eigenvalue weighted by Gasteiger charge is -2.24. The highest BCUT2D eigenvalue weighted by atomic mass is 32.1. The molecule has 0 spiro atoms. The zero-order chi connectivity index (χ0) is 23.5. The fraction of sp³-hybridized carbons (Fsp3) is 0.522. The quantitative estimate of drug-likeness (QED) is 0.428. The van der Waals surface area contributed by atoms with Crippen LogP contribution >= 0.6 is 11.7 Å². The van der Waals surface area contributed by atoms with Crippen molar-refractivity contribution in [1.82, 2.24) is 13.6 Å². The Balaban J connectivity index is 1.47. The van der Waals surface area contributed by atoms with Gasteiger partial charge < -0.3 is 30.5 Å². The van der Waals surface area contributed by atoms with Crippen molar-refractivity contribution in [2.75, 3.05) is 23.7 Å². The first kappa shape index (κ1) is 23.3. The van der Waals surface area contributed by atoms with Crippen molar-refractivity contribution in [3.05, 3.63) is 35.6 Å². The van der Waals surface area contributed by atoms with Crippen LogP contribution in [0.15, 0.2) is 30.0 Å². The molecule has 0 saturated carbocycles. The molecule has 2 aliphatic rings. The van der Waals surface area contributed by atoms with E-state index in [2.05, 4.69) is 40.2 Å². The standard InChI is InChI=1S/C23H31N5O4S/c1-4-17(19-10-14(12-32-19)13(2)3)24-21-22(27-33-26-21)25-18-7-5-6-16(20(18)30)23(31)28-9-8-15(29)11-28/h5-7,12-13,15,17,19,29-30H,4,8-11H2,1-3H3,(H,24,26)(H,25,27)/t15-,17?,19?/m1/s1. The van der Waals surface area contributed by atoms with Crippen LogP contribution in [0.5, 0.6) is 5.75 Å². The Bertz CT molecular complexity index is 1020. The molecule has 4 rings (SSSR count). The fourth-order valence-electron chi connectivity index (χ4n) is 4.15. The first-order chi connectivity index (χ1) is 15.9. The summed E-state index contributed by atoms with van der Waals surface area (Å²) < 4.78 is 14.6. The number of hydrogen-bond donors (Lipinski definition) is 4. The highest BCUT2D eigenvalue weighted by Crippen LogP contribution is 2.34. The number of aliphatic hydroxyl groups excluding tert-OH is 1. The molecule has 3 heterocycles. The zero-order valence-electron chi connectivity index (χ0n) is 19.1. The minimum atomic E-state index is -0.519. The van der Waals surface area contributed by atoms with Gasteiger partial charge in [-0.25, -0.2) is 0 Å². The van der Waals surface area contributed by atoms with Gasteiger partial charge in [-0.1, -0.05) is 26.8 Å². The molecule has 2 aromatic rings. The Labute approximate surface area is 197 Å². The molecule has 9 nitrogen and oxygen atoms in total. The van der Waals surface area contributed by atoms with E-state index in [9.17, 15) is 15.0 Å². The van der Waals surface area contributed by atoms with E-state index in [0.717, 1.165) is 24.6 Å². The van der Waals surface area contributed by atoms with E-state index in [1.807, 2.05) is 6.26 Å². The summed E-state index contributed by atoms with van der Waals surface area (Å²) in [7, 11) is 0. The molecule has 1 aromatic heterocycles. The second-order valence-corrected chi connectivity index (χ2v) is 9.40. The Morgan fingerprint density at radius 3 is 2.79 bits per heavy atom. The van der Waals surface area contributed by atoms with Crippen molar-refractivity contribution in [3.8, 4) is 5.75 Å². The van der Waals surface area contributed by atoms with Crippen LogP contribution in [0.4, 0.5) is 17.3 Å². The number of carbonyl (C=O) groups excluding carboxylic acids is 1. The molecule has 0 bridgehead atoms. The fourth-order valence-corrected chi connectivity index (χ4v) is 4.63. The van der Waals surface area contributed by atoms with Gasteiger partial charge in [-0.05, 0) is 36.5 Å². The number of amides is 1. The number of phenolic OH excluding ortho intramolecular Hbond substituents is 1. The normalized spacial score (nSPS) is 21.1. The van der Waals surface area contributed by atoms with Crippen LogP contribution in [0.2, 0.25) is 0 Å². The van der Waals surface area contributed by atoms with Crippen molar-refractivity contribution in [1.29, 1.82) is 0 Å². The van der Waals surface area contributed by atoms with Gasteiger partial charge in [0.25, 0.3) is 5.91 Å². The maximum Gasteiger partial charge on any atom is 0.257 e. The van der Waals surface area contributed by atoms with Crippen LogP contribution in [0, 0.1) is 5.92 Å². The molecule has 4 N–H and O–H groups in total. The van der Waals surface area contributed by atoms with Gasteiger partial charge >= 0.3 is 0 Å². The van der Waals surface area contributed by atoms with E-state index in [1.54, 1.807) is 23.1 Å². The summed E-state index contributed by atoms with van der Waals surface area (Å²) in [6, 6.07) is 5.01. The van der Waals surface area contributed by atoms with Crippen molar-refractivity contribution in [2.45, 2.75) is 58.3 Å². The molecular formula is C23H31N5O4S. The lowest BCUT2D eigenvalue weighted by molar-refractivity contribution is 0.0762. The molecule has 1 fully saturated rings. The number of nitrogens with one attached hydrogen (secondary N) is 2. The second kappa shape index (κ2) is 9.96. The predicted octanol–water partition coefficient (Wildman–Crippen LogP) is 3.71. The van der Waals surface area contributed by atoms with Gasteiger partial charge in [0.15, 0.2) is 17.4 Å². The Morgan fingerprint density at radius 1 is 1.33 bits per heavy atom. The summed E-state index contributed by atoms with van der Waals surface area (Å²) in [6.45, 7) is 7.16. The van der Waals surface area contributed by atoms with E-state index < -0.39 is 6.10 Å². The number of benzene rings is 1. The summed E-state index contributed by atoms with van der Waals surface area (Å²) >= 11 is 1.06. The smallest absolute Gasteiger partial charge is 0.257 e. The molecule has 2 aliphatic heterocycles. The number of aromatic nitrogens is 2. The number of para-hydroxylation sites is 1. The minimum absolute atomic E-state index is 0.0205. The molecule has 178 valence electrons. The third-order valence-electron chi connectivity index (χ3n) is 6.24. The van der Waals surface area contributed by atoms with Crippen molar-refractivity contribution in [2.24, 2.45) is 5.92 Å². The molecular weight excluding hydrogens is 442 g/mol. The zero-order valence-corrected chi connectivity index (χ0v) is 19.9. The lowest BCUT2D eigenvalue weighted by atomic mass is 9.96. The van der Waals surface area contributed by atoms with Crippen LogP contribution in [0.3, 0.4) is 0 Å². The molecule has 0 aliphatic carbocycles. The summed E-state index contributed by atoms with van der Waals surface area (Å²) in [5, 5.41) is 27.1. The van der Waals surface area contributed by atoms with E-state index in [0.29, 0.717) is 36.2 Å². The lowest BCUT2D eigenvalue weighted by Crippen LogP contribution is -2.33. The Hall–Kier alpha value is -2.85. The number of β-amino-alcohol motifs (C(OH)–C–C–N with tert-alkyl or cyclic N) is 1. The first-order valence-corrected chi connectivity index (χ1v) is 12.1. The third kappa shape index (κ3) is 5.06. The summed E-state index contributed by atoms with van der Waals surface area (Å²) in [5.74, 6) is 1.05. The molecule has 1 aromatic carbocycles. The van der Waals surface area contributed by atoms with Gasteiger partial charge in [0.1, 0.15) is 6.10 Å². The number of carbonyl (C=O) groups is 1. The molecule has 1 amide bonds. The molecule has 1 saturated heterocycles. The van der Waals surface area contributed by atoms with Gasteiger partial charge in [0.2, 0.25) is 0 Å². The average molecular weight is 474 g/mol. The monoisotopic (exact) mass is 473 g/mol. The van der Waals surface area contributed by atoms with Crippen LogP contribution in [-0.4, -0.2) is 61.1 Å². The minimum Gasteiger partial charge on any atom is -0.505 e. The number of nitrogens with zero attached hydrogens (tertiary/aromatic N) is 3. The molecule has 33 heavy (non-hydrogen) atoms. The van der Waals surface area contributed by atoms with Crippen molar-refractivity contribution < 1.29 is 19.7 Å². The van der Waals surface area contributed by atoms with E-state index in [-0.39, 0.29) is 35.9 Å². The molecule has 10 heteroatoms. The van der Waals surface area contributed by atoms with Crippen molar-refractivity contribution >= 4 is 35.0 Å². The van der Waals surface area contributed by atoms with E-state index >= 15 is 0 Å². The van der Waals surface area contributed by atoms with Crippen LogP contribution in [-0.2, 0) is 4.74 Å². The number of phenols is 1. The van der Waals surface area contributed by atoms with Gasteiger partial charge in [-0.3, -0.25) is 4.79 Å². The number of anilines is 3. The summed E-state index contributed by atoms with van der Waals surface area (Å²) in [4.78, 5) is 14.4.